The number of aliphatic imine (C=N–C) groups is 1. The van der Waals surface area contributed by atoms with E-state index in [0.29, 0.717) is 0 Å². The Kier molecular flexibility index (Phi) is 3.25. The monoisotopic (exact) mass is 264 g/mol. The Balaban J connectivity index is 1.89. The van der Waals surface area contributed by atoms with Crippen molar-refractivity contribution >= 4 is 17.5 Å². The highest BCUT2D eigenvalue weighted by Gasteiger charge is 2.12. The van der Waals surface area contributed by atoms with Gasteiger partial charge in [-0.15, -0.1) is 0 Å². The van der Waals surface area contributed by atoms with Crippen LogP contribution in [0.2, 0.25) is 0 Å². The molecule has 2 heterocycles. The maximum Gasteiger partial charge on any atom is 0.119 e. The van der Waals surface area contributed by atoms with Gasteiger partial charge in [-0.25, -0.2) is 0 Å². The van der Waals surface area contributed by atoms with Crippen LogP contribution in [0.3, 0.4) is 0 Å². The highest BCUT2D eigenvalue weighted by atomic mass is 16.5. The molecule has 0 N–H and O–H groups in total. The maximum atomic E-state index is 5.27. The molecule has 2 aliphatic rings. The lowest BCUT2D eigenvalue weighted by molar-refractivity contribution is 0.415. The summed E-state index contributed by atoms with van der Waals surface area (Å²) < 4.78 is 5.27. The van der Waals surface area contributed by atoms with E-state index >= 15 is 0 Å². The number of nitrogens with zero attached hydrogens (tertiary/aromatic N) is 2. The predicted molar refractivity (Wildman–Crippen MR) is 83.2 cm³/mol. The minimum atomic E-state index is 0.854. The van der Waals surface area contributed by atoms with Gasteiger partial charge in [0.15, 0.2) is 0 Å². The van der Waals surface area contributed by atoms with Crippen LogP contribution in [0, 0.1) is 0 Å². The van der Waals surface area contributed by atoms with Gasteiger partial charge < -0.3 is 9.64 Å². The van der Waals surface area contributed by atoms with Gasteiger partial charge in [-0.2, -0.15) is 0 Å². The Morgan fingerprint density at radius 3 is 2.70 bits per heavy atom. The van der Waals surface area contributed by atoms with Gasteiger partial charge in [0.05, 0.1) is 12.8 Å². The third kappa shape index (κ3) is 2.43. The second kappa shape index (κ2) is 5.21. The van der Waals surface area contributed by atoms with Crippen molar-refractivity contribution in [1.82, 2.24) is 4.90 Å². The third-order valence-electron chi connectivity index (χ3n) is 3.32. The Morgan fingerprint density at radius 1 is 1.15 bits per heavy atom. The largest absolute Gasteiger partial charge is 0.497 e. The molecular formula is C17H16N2O. The average Bonchev–Trinajstić information content (AvgIpc) is 2.89. The molecule has 2 aliphatic heterocycles. The van der Waals surface area contributed by atoms with Crippen LogP contribution in [0.5, 0.6) is 5.75 Å². The van der Waals surface area contributed by atoms with Gasteiger partial charge >= 0.3 is 0 Å². The van der Waals surface area contributed by atoms with Gasteiger partial charge in [-0.1, -0.05) is 12.2 Å². The summed E-state index contributed by atoms with van der Waals surface area (Å²) in [6, 6.07) is 5.93. The summed E-state index contributed by atoms with van der Waals surface area (Å²) in [5, 5.41) is 0. The molecule has 0 saturated heterocycles. The van der Waals surface area contributed by atoms with Crippen LogP contribution in [-0.2, 0) is 0 Å². The molecule has 3 heteroatoms. The summed E-state index contributed by atoms with van der Waals surface area (Å²) in [5.74, 6) is 0.854. The summed E-state index contributed by atoms with van der Waals surface area (Å²) in [4.78, 5) is 6.43. The Morgan fingerprint density at radius 2 is 1.95 bits per heavy atom. The molecule has 0 atom stereocenters. The van der Waals surface area contributed by atoms with Crippen molar-refractivity contribution < 1.29 is 4.74 Å². The van der Waals surface area contributed by atoms with E-state index in [9.17, 15) is 0 Å². The summed E-state index contributed by atoms with van der Waals surface area (Å²) in [6.07, 6.45) is 14.3. The molecule has 0 radical (unpaired) electrons. The Labute approximate surface area is 118 Å². The van der Waals surface area contributed by atoms with Crippen molar-refractivity contribution in [2.45, 2.75) is 0 Å². The van der Waals surface area contributed by atoms with Crippen LogP contribution < -0.4 is 4.74 Å². The second-order valence-electron chi connectivity index (χ2n) is 4.73. The maximum absolute atomic E-state index is 5.27. The number of hydrogen-bond acceptors (Lipinski definition) is 3. The predicted octanol–water partition coefficient (Wildman–Crippen LogP) is 3.69. The van der Waals surface area contributed by atoms with Crippen LogP contribution in [0.25, 0.3) is 5.57 Å². The first-order valence-corrected chi connectivity index (χ1v) is 6.49. The highest BCUT2D eigenvalue weighted by Crippen LogP contribution is 2.34. The van der Waals surface area contributed by atoms with Crippen molar-refractivity contribution in [3.63, 3.8) is 0 Å². The average molecular weight is 264 g/mol. The van der Waals surface area contributed by atoms with Gasteiger partial charge in [-0.3, -0.25) is 4.99 Å². The lowest BCUT2D eigenvalue weighted by Crippen LogP contribution is -2.02. The first-order chi connectivity index (χ1) is 9.76. The molecule has 0 unspecified atom stereocenters. The van der Waals surface area contributed by atoms with E-state index in [1.54, 1.807) is 7.11 Å². The summed E-state index contributed by atoms with van der Waals surface area (Å²) in [5.41, 5.74) is 4.37. The SMILES string of the molecule is COc1ccc2c(c1)/C(=C\C=C1C=CN(C)C=C1)C=N2. The zero-order valence-corrected chi connectivity index (χ0v) is 11.6. The smallest absolute Gasteiger partial charge is 0.119 e. The molecular weight excluding hydrogens is 248 g/mol. The number of rotatable bonds is 2. The molecule has 0 amide bonds. The lowest BCUT2D eigenvalue weighted by Gasteiger charge is -2.11. The van der Waals surface area contributed by atoms with E-state index < -0.39 is 0 Å². The van der Waals surface area contributed by atoms with E-state index in [-0.39, 0.29) is 0 Å². The molecule has 3 rings (SSSR count). The molecule has 3 nitrogen and oxygen atoms in total. The normalized spacial score (nSPS) is 17.8. The number of fused-ring (bicyclic) bond motifs is 1. The molecule has 0 aliphatic carbocycles. The first-order valence-electron chi connectivity index (χ1n) is 6.49. The van der Waals surface area contributed by atoms with Gasteiger partial charge in [0.1, 0.15) is 5.75 Å². The number of ether oxygens (including phenoxy) is 1. The minimum Gasteiger partial charge on any atom is -0.497 e. The van der Waals surface area contributed by atoms with Gasteiger partial charge in [0.25, 0.3) is 0 Å². The topological polar surface area (TPSA) is 24.8 Å². The number of hydrogen-bond donors (Lipinski definition) is 0. The molecule has 100 valence electrons. The second-order valence-corrected chi connectivity index (χ2v) is 4.73. The lowest BCUT2D eigenvalue weighted by atomic mass is 10.1. The zero-order valence-electron chi connectivity index (χ0n) is 11.6. The van der Waals surface area contributed by atoms with Gasteiger partial charge in [-0.05, 0) is 35.9 Å². The fourth-order valence-electron chi connectivity index (χ4n) is 2.14. The van der Waals surface area contributed by atoms with E-state index in [1.807, 2.05) is 48.8 Å². The Hall–Kier alpha value is -2.55. The molecule has 20 heavy (non-hydrogen) atoms. The summed E-state index contributed by atoms with van der Waals surface area (Å²) >= 11 is 0. The van der Waals surface area contributed by atoms with E-state index in [1.165, 1.54) is 5.57 Å². The molecule has 1 aromatic carbocycles. The number of benzene rings is 1. The minimum absolute atomic E-state index is 0.854. The standard InChI is InChI=1S/C17H16N2O/c1-19-9-7-13(8-10-19)3-4-14-12-18-17-6-5-15(20-2)11-16(14)17/h3-12H,1-2H3/b14-4-. The first kappa shape index (κ1) is 12.5. The van der Waals surface area contributed by atoms with Crippen LogP contribution in [0.1, 0.15) is 5.56 Å². The number of methoxy groups -OCH3 is 1. The van der Waals surface area contributed by atoms with E-state index in [0.717, 1.165) is 22.6 Å². The Bertz CT molecular complexity index is 662. The van der Waals surface area contributed by atoms with Gasteiger partial charge in [0, 0.05) is 36.8 Å². The molecule has 0 bridgehead atoms. The van der Waals surface area contributed by atoms with Crippen molar-refractivity contribution in [1.29, 1.82) is 0 Å². The molecule has 0 fully saturated rings. The summed E-state index contributed by atoms with van der Waals surface area (Å²) in [7, 11) is 3.69. The molecule has 1 aromatic rings. The third-order valence-corrected chi connectivity index (χ3v) is 3.32. The highest BCUT2D eigenvalue weighted by molar-refractivity contribution is 6.16. The van der Waals surface area contributed by atoms with Crippen molar-refractivity contribution in [3.05, 3.63) is 66.0 Å². The number of allylic oxidation sites excluding steroid dienone is 6. The fraction of sp³-hybridized carbons (Fsp3) is 0.118. The van der Waals surface area contributed by atoms with Crippen LogP contribution >= 0.6 is 0 Å². The van der Waals surface area contributed by atoms with E-state index in [4.69, 9.17) is 4.74 Å². The fourth-order valence-corrected chi connectivity index (χ4v) is 2.14. The van der Waals surface area contributed by atoms with Crippen LogP contribution in [-0.4, -0.2) is 25.3 Å². The molecule has 0 spiro atoms. The van der Waals surface area contributed by atoms with Crippen molar-refractivity contribution in [3.8, 4) is 5.75 Å². The van der Waals surface area contributed by atoms with Crippen molar-refractivity contribution in [2.75, 3.05) is 14.2 Å². The van der Waals surface area contributed by atoms with Crippen LogP contribution in [0.15, 0.2) is 65.5 Å². The van der Waals surface area contributed by atoms with Crippen LogP contribution in [0.4, 0.5) is 5.69 Å². The quantitative estimate of drug-likeness (QED) is 0.813. The summed E-state index contributed by atoms with van der Waals surface area (Å²) in [6.45, 7) is 0. The van der Waals surface area contributed by atoms with E-state index in [2.05, 4.69) is 29.3 Å². The zero-order chi connectivity index (χ0) is 13.9. The van der Waals surface area contributed by atoms with Crippen molar-refractivity contribution in [2.24, 2.45) is 4.99 Å². The molecule has 0 saturated carbocycles. The molecule has 0 aromatic heterocycles. The van der Waals surface area contributed by atoms with Gasteiger partial charge in [0.2, 0.25) is 0 Å².